The lowest BCUT2D eigenvalue weighted by atomic mass is 9.96. The number of aromatic nitrogens is 2. The maximum atomic E-state index is 13.1. The lowest BCUT2D eigenvalue weighted by Gasteiger charge is -2.40. The van der Waals surface area contributed by atoms with Crippen molar-refractivity contribution in [1.82, 2.24) is 25.3 Å². The molecule has 1 aromatic heterocycles. The lowest BCUT2D eigenvalue weighted by Crippen LogP contribution is -2.62. The first kappa shape index (κ1) is 24.1. The maximum absolute atomic E-state index is 13.1. The minimum Gasteiger partial charge on any atom is -0.350 e. The molecule has 4 rings (SSSR count). The molecule has 0 saturated heterocycles. The summed E-state index contributed by atoms with van der Waals surface area (Å²) < 4.78 is 14.5. The molecule has 1 aliphatic heterocycles. The zero-order valence-electron chi connectivity index (χ0n) is 20.0. The summed E-state index contributed by atoms with van der Waals surface area (Å²) in [6.07, 6.45) is 0.676. The molecular formula is C26H28FN5O3. The van der Waals surface area contributed by atoms with E-state index >= 15 is 0 Å². The summed E-state index contributed by atoms with van der Waals surface area (Å²) in [7, 11) is 1.55. The highest BCUT2D eigenvalue weighted by atomic mass is 19.1. The van der Waals surface area contributed by atoms with E-state index in [4.69, 9.17) is 0 Å². The fourth-order valence-corrected chi connectivity index (χ4v) is 4.09. The monoisotopic (exact) mass is 477 g/mol. The van der Waals surface area contributed by atoms with Crippen LogP contribution >= 0.6 is 0 Å². The van der Waals surface area contributed by atoms with E-state index in [1.807, 2.05) is 25.1 Å². The second-order valence-corrected chi connectivity index (χ2v) is 9.01. The van der Waals surface area contributed by atoms with Gasteiger partial charge in [-0.3, -0.25) is 19.1 Å². The van der Waals surface area contributed by atoms with Gasteiger partial charge in [0.05, 0.1) is 6.54 Å². The molecule has 1 aliphatic rings. The Morgan fingerprint density at radius 1 is 1.09 bits per heavy atom. The van der Waals surface area contributed by atoms with Gasteiger partial charge in [-0.1, -0.05) is 42.0 Å². The van der Waals surface area contributed by atoms with E-state index in [-0.39, 0.29) is 42.1 Å². The first-order chi connectivity index (χ1) is 16.7. The van der Waals surface area contributed by atoms with Gasteiger partial charge in [-0.2, -0.15) is 5.10 Å². The van der Waals surface area contributed by atoms with Crippen molar-refractivity contribution in [2.75, 3.05) is 13.6 Å². The minimum atomic E-state index is -1.21. The van der Waals surface area contributed by atoms with Crippen LogP contribution in [0.15, 0.2) is 54.6 Å². The fourth-order valence-electron chi connectivity index (χ4n) is 4.09. The number of hydrogen-bond acceptors (Lipinski definition) is 4. The summed E-state index contributed by atoms with van der Waals surface area (Å²) in [5.41, 5.74) is 2.17. The molecule has 0 spiro atoms. The van der Waals surface area contributed by atoms with E-state index in [1.165, 1.54) is 27.8 Å². The number of aryl methyl sites for hydroxylation is 1. The molecule has 9 heteroatoms. The third-order valence-electron chi connectivity index (χ3n) is 6.37. The topological polar surface area (TPSA) is 96.3 Å². The van der Waals surface area contributed by atoms with Gasteiger partial charge in [0.1, 0.15) is 17.1 Å². The third-order valence-corrected chi connectivity index (χ3v) is 6.37. The van der Waals surface area contributed by atoms with Gasteiger partial charge in [-0.05, 0) is 43.5 Å². The van der Waals surface area contributed by atoms with Gasteiger partial charge in [0, 0.05) is 26.2 Å². The Labute approximate surface area is 203 Å². The fraction of sp³-hybridized carbons (Fsp3) is 0.308. The van der Waals surface area contributed by atoms with Gasteiger partial charge in [-0.15, -0.1) is 0 Å². The minimum absolute atomic E-state index is 0.0936. The summed E-state index contributed by atoms with van der Waals surface area (Å²) in [6, 6.07) is 15.3. The highest BCUT2D eigenvalue weighted by Crippen LogP contribution is 2.26. The van der Waals surface area contributed by atoms with Crippen LogP contribution in [0.3, 0.4) is 0 Å². The Bertz CT molecular complexity index is 1270. The molecule has 182 valence electrons. The number of likely N-dealkylation sites (N-methyl/N-ethyl adjacent to an activating group) is 1. The van der Waals surface area contributed by atoms with E-state index < -0.39 is 11.4 Å². The zero-order valence-corrected chi connectivity index (χ0v) is 20.0. The number of hydrogen-bond donors (Lipinski definition) is 2. The number of nitrogens with one attached hydrogen (secondary N) is 2. The van der Waals surface area contributed by atoms with Crippen molar-refractivity contribution in [2.45, 2.75) is 38.9 Å². The molecule has 2 heterocycles. The van der Waals surface area contributed by atoms with Gasteiger partial charge >= 0.3 is 0 Å². The number of amides is 3. The van der Waals surface area contributed by atoms with Crippen molar-refractivity contribution >= 4 is 17.7 Å². The van der Waals surface area contributed by atoms with E-state index in [0.717, 1.165) is 16.7 Å². The maximum Gasteiger partial charge on any atom is 0.272 e. The van der Waals surface area contributed by atoms with Crippen LogP contribution in [-0.2, 0) is 24.3 Å². The molecule has 0 unspecified atom stereocenters. The van der Waals surface area contributed by atoms with E-state index in [0.29, 0.717) is 13.0 Å². The molecule has 0 saturated carbocycles. The van der Waals surface area contributed by atoms with Crippen LogP contribution in [-0.4, -0.2) is 51.5 Å². The first-order valence-electron chi connectivity index (χ1n) is 11.4. The molecule has 0 bridgehead atoms. The van der Waals surface area contributed by atoms with Gasteiger partial charge in [0.15, 0.2) is 5.69 Å². The zero-order chi connectivity index (χ0) is 25.2. The molecule has 3 aromatic rings. The number of carbonyl (C=O) groups is 3. The van der Waals surface area contributed by atoms with Gasteiger partial charge in [0.2, 0.25) is 5.91 Å². The molecular weight excluding hydrogens is 449 g/mol. The smallest absolute Gasteiger partial charge is 0.272 e. The Balaban J connectivity index is 1.42. The summed E-state index contributed by atoms with van der Waals surface area (Å²) in [5, 5.41) is 9.97. The van der Waals surface area contributed by atoms with Crippen molar-refractivity contribution in [3.8, 4) is 0 Å². The number of benzene rings is 2. The van der Waals surface area contributed by atoms with Crippen molar-refractivity contribution in [3.63, 3.8) is 0 Å². The number of halogens is 1. The number of fused-ring (bicyclic) bond motifs is 1. The molecule has 2 aromatic carbocycles. The van der Waals surface area contributed by atoms with Gasteiger partial charge < -0.3 is 15.5 Å². The van der Waals surface area contributed by atoms with E-state index in [9.17, 15) is 18.8 Å². The third kappa shape index (κ3) is 5.08. The first-order valence-corrected chi connectivity index (χ1v) is 11.4. The number of rotatable bonds is 7. The lowest BCUT2D eigenvalue weighted by molar-refractivity contribution is -0.132. The van der Waals surface area contributed by atoms with Crippen LogP contribution < -0.4 is 10.6 Å². The largest absolute Gasteiger partial charge is 0.350 e. The Hall–Kier alpha value is -4.01. The molecule has 2 N–H and O–H groups in total. The summed E-state index contributed by atoms with van der Waals surface area (Å²) in [4.78, 5) is 40.1. The standard InChI is InChI=1S/C26H28FN5O3/c1-17-5-4-6-18(13-17)11-12-28-23(33)21-14-22-24(34)31(3)26(2,16-32(22)30-21)25(35)29-15-19-7-9-20(27)10-8-19/h4-10,13-14H,11-12,15-16H2,1-3H3,(H,28,33)(H,29,35)/t26-/m0/s1. The molecule has 1 atom stereocenters. The number of nitrogens with zero attached hydrogens (tertiary/aromatic N) is 3. The van der Waals surface area contributed by atoms with Crippen LogP contribution in [0.2, 0.25) is 0 Å². The average Bonchev–Trinajstić information content (AvgIpc) is 3.26. The van der Waals surface area contributed by atoms with Crippen LogP contribution in [0, 0.1) is 12.7 Å². The quantitative estimate of drug-likeness (QED) is 0.547. The molecule has 0 radical (unpaired) electrons. The van der Waals surface area contributed by atoms with Crippen LogP contribution in [0.5, 0.6) is 0 Å². The van der Waals surface area contributed by atoms with Gasteiger partial charge in [-0.25, -0.2) is 4.39 Å². The molecule has 8 nitrogen and oxygen atoms in total. The highest BCUT2D eigenvalue weighted by molar-refractivity contribution is 6.01. The van der Waals surface area contributed by atoms with E-state index in [2.05, 4.69) is 21.8 Å². The Morgan fingerprint density at radius 3 is 2.54 bits per heavy atom. The van der Waals surface area contributed by atoms with Crippen molar-refractivity contribution in [3.05, 3.63) is 88.5 Å². The Kier molecular flexibility index (Phi) is 6.68. The normalized spacial score (nSPS) is 17.1. The SMILES string of the molecule is Cc1cccc(CCNC(=O)c2cc3n(n2)C[C@@](C)(C(=O)NCc2ccc(F)cc2)N(C)C3=O)c1. The van der Waals surface area contributed by atoms with E-state index in [1.54, 1.807) is 26.1 Å². The predicted octanol–water partition coefficient (Wildman–Crippen LogP) is 2.46. The molecule has 0 fully saturated rings. The van der Waals surface area contributed by atoms with Crippen LogP contribution in [0.25, 0.3) is 0 Å². The average molecular weight is 478 g/mol. The summed E-state index contributed by atoms with van der Waals surface area (Å²) >= 11 is 0. The number of carbonyl (C=O) groups excluding carboxylic acids is 3. The summed E-state index contributed by atoms with van der Waals surface area (Å²) in [6.45, 7) is 4.38. The summed E-state index contributed by atoms with van der Waals surface area (Å²) in [5.74, 6) is -1.51. The molecule has 35 heavy (non-hydrogen) atoms. The van der Waals surface area contributed by atoms with Crippen LogP contribution in [0.1, 0.15) is 44.6 Å². The van der Waals surface area contributed by atoms with Crippen LogP contribution in [0.4, 0.5) is 4.39 Å². The Morgan fingerprint density at radius 2 is 1.83 bits per heavy atom. The molecule has 3 amide bonds. The van der Waals surface area contributed by atoms with Gasteiger partial charge in [0.25, 0.3) is 11.8 Å². The van der Waals surface area contributed by atoms with Crippen molar-refractivity contribution in [1.29, 1.82) is 0 Å². The van der Waals surface area contributed by atoms with Crippen molar-refractivity contribution < 1.29 is 18.8 Å². The van der Waals surface area contributed by atoms with Crippen molar-refractivity contribution in [2.24, 2.45) is 0 Å². The molecule has 0 aliphatic carbocycles. The second kappa shape index (κ2) is 9.69. The predicted molar refractivity (Wildman–Crippen MR) is 128 cm³/mol. The second-order valence-electron chi connectivity index (χ2n) is 9.01. The highest BCUT2D eigenvalue weighted by Gasteiger charge is 2.46.